The summed E-state index contributed by atoms with van der Waals surface area (Å²) < 4.78 is 0. The average Bonchev–Trinajstić information content (AvgIpc) is 2.40. The van der Waals surface area contributed by atoms with Crippen molar-refractivity contribution in [3.63, 3.8) is 0 Å². The van der Waals surface area contributed by atoms with Gasteiger partial charge in [-0.1, -0.05) is 55.5 Å². The molecule has 0 atom stereocenters. The van der Waals surface area contributed by atoms with Crippen LogP contribution in [0.3, 0.4) is 0 Å². The molecule has 0 spiro atoms. The second kappa shape index (κ2) is 13.4. The maximum Gasteiger partial charge on any atom is 0.0441 e. The molecule has 0 saturated carbocycles. The predicted octanol–water partition coefficient (Wildman–Crippen LogP) is 3.54. The maximum absolute atomic E-state index is 5.40. The first kappa shape index (κ1) is 18.7. The number of hydrogen-bond acceptors (Lipinski definition) is 3. The van der Waals surface area contributed by atoms with Gasteiger partial charge in [0, 0.05) is 26.8 Å². The van der Waals surface area contributed by atoms with Crippen molar-refractivity contribution in [2.75, 3.05) is 14.1 Å². The van der Waals surface area contributed by atoms with Crippen LogP contribution in [0.2, 0.25) is 0 Å². The molecule has 4 heteroatoms. The SMILES string of the molecule is C=CN=NN(C)C.CC.Cc1ccc(CN)cc1. The molecule has 4 nitrogen and oxygen atoms in total. The first-order valence-electron chi connectivity index (χ1n) is 6.04. The molecule has 0 saturated heterocycles. The standard InChI is InChI=1S/C8H11N.C4H9N3.C2H6/c1-7-2-4-8(6-9)5-3-7;1-4-5-6-7(2)3;1-2/h2-5H,6,9H2,1H3;4H,1H2,2-3H3;1-2H3. The second-order valence-electron chi connectivity index (χ2n) is 3.42. The van der Waals surface area contributed by atoms with Crippen molar-refractivity contribution in [1.82, 2.24) is 5.01 Å². The lowest BCUT2D eigenvalue weighted by Crippen LogP contribution is -1.98. The number of aryl methyl sites for hydroxylation is 1. The summed E-state index contributed by atoms with van der Waals surface area (Å²) in [6, 6.07) is 8.25. The molecule has 0 aliphatic rings. The monoisotopic (exact) mass is 250 g/mol. The van der Waals surface area contributed by atoms with Gasteiger partial charge in [-0.25, -0.2) is 0 Å². The van der Waals surface area contributed by atoms with Gasteiger partial charge >= 0.3 is 0 Å². The second-order valence-corrected chi connectivity index (χ2v) is 3.42. The molecule has 0 aliphatic heterocycles. The van der Waals surface area contributed by atoms with Gasteiger partial charge in [-0.3, -0.25) is 5.01 Å². The Bertz CT molecular complexity index is 315. The molecule has 0 fully saturated rings. The maximum atomic E-state index is 5.40. The van der Waals surface area contributed by atoms with Crippen LogP contribution in [0, 0.1) is 6.92 Å². The minimum atomic E-state index is 0.639. The summed E-state index contributed by atoms with van der Waals surface area (Å²) in [4.78, 5) is 0. The van der Waals surface area contributed by atoms with E-state index in [0.29, 0.717) is 6.54 Å². The third kappa shape index (κ3) is 12.4. The van der Waals surface area contributed by atoms with Crippen molar-refractivity contribution in [3.8, 4) is 0 Å². The zero-order valence-corrected chi connectivity index (χ0v) is 12.2. The van der Waals surface area contributed by atoms with Crippen LogP contribution < -0.4 is 5.73 Å². The third-order valence-corrected chi connectivity index (χ3v) is 1.67. The summed E-state index contributed by atoms with van der Waals surface area (Å²) >= 11 is 0. The van der Waals surface area contributed by atoms with Gasteiger partial charge in [0.25, 0.3) is 0 Å². The molecule has 0 aromatic heterocycles. The molecule has 1 aromatic carbocycles. The van der Waals surface area contributed by atoms with Gasteiger partial charge in [-0.15, -0.1) is 5.11 Å². The van der Waals surface area contributed by atoms with Crippen molar-refractivity contribution in [3.05, 3.63) is 48.2 Å². The Kier molecular flexibility index (Phi) is 13.9. The van der Waals surface area contributed by atoms with Gasteiger partial charge in [0.2, 0.25) is 0 Å². The first-order valence-corrected chi connectivity index (χ1v) is 6.04. The molecule has 102 valence electrons. The Morgan fingerprint density at radius 1 is 1.22 bits per heavy atom. The first-order chi connectivity index (χ1) is 8.60. The Hall–Kier alpha value is -1.68. The molecule has 0 bridgehead atoms. The minimum Gasteiger partial charge on any atom is -0.326 e. The van der Waals surface area contributed by atoms with Crippen LogP contribution >= 0.6 is 0 Å². The zero-order chi connectivity index (χ0) is 14.4. The summed E-state index contributed by atoms with van der Waals surface area (Å²) in [6.45, 7) is 10.1. The van der Waals surface area contributed by atoms with Crippen molar-refractivity contribution in [2.24, 2.45) is 16.1 Å². The smallest absolute Gasteiger partial charge is 0.0441 e. The Balaban J connectivity index is 0. The van der Waals surface area contributed by atoms with E-state index in [1.54, 1.807) is 19.1 Å². The third-order valence-electron chi connectivity index (χ3n) is 1.67. The number of nitrogens with two attached hydrogens (primary N) is 1. The molecule has 18 heavy (non-hydrogen) atoms. The Labute approximate surface area is 111 Å². The van der Waals surface area contributed by atoms with E-state index in [1.165, 1.54) is 17.3 Å². The van der Waals surface area contributed by atoms with E-state index >= 15 is 0 Å². The lowest BCUT2D eigenvalue weighted by Gasteiger charge is -1.96. The van der Waals surface area contributed by atoms with Crippen LogP contribution in [0.5, 0.6) is 0 Å². The predicted molar refractivity (Wildman–Crippen MR) is 79.2 cm³/mol. The van der Waals surface area contributed by atoms with Gasteiger partial charge in [0.15, 0.2) is 0 Å². The molecule has 1 aromatic rings. The van der Waals surface area contributed by atoms with Gasteiger partial charge in [-0.2, -0.15) is 0 Å². The molecule has 0 heterocycles. The van der Waals surface area contributed by atoms with Crippen molar-refractivity contribution in [2.45, 2.75) is 27.3 Å². The van der Waals surface area contributed by atoms with Gasteiger partial charge in [0.05, 0.1) is 0 Å². The van der Waals surface area contributed by atoms with Crippen molar-refractivity contribution >= 4 is 0 Å². The molecule has 0 amide bonds. The number of rotatable bonds is 3. The molecule has 1 rings (SSSR count). The fourth-order valence-electron chi connectivity index (χ4n) is 0.864. The largest absolute Gasteiger partial charge is 0.326 e. The van der Waals surface area contributed by atoms with Crippen molar-refractivity contribution in [1.29, 1.82) is 0 Å². The van der Waals surface area contributed by atoms with Gasteiger partial charge < -0.3 is 5.73 Å². The summed E-state index contributed by atoms with van der Waals surface area (Å²) in [7, 11) is 3.60. The highest BCUT2D eigenvalue weighted by Gasteiger charge is 1.85. The number of hydrogen-bond donors (Lipinski definition) is 1. The minimum absolute atomic E-state index is 0.639. The van der Waals surface area contributed by atoms with E-state index in [1.807, 2.05) is 13.8 Å². The normalized spacial score (nSPS) is 8.78. The van der Waals surface area contributed by atoms with Crippen molar-refractivity contribution < 1.29 is 0 Å². The lowest BCUT2D eigenvalue weighted by atomic mass is 10.2. The van der Waals surface area contributed by atoms with Crippen LogP contribution in [0.15, 0.2) is 47.4 Å². The fraction of sp³-hybridized carbons (Fsp3) is 0.429. The number of benzene rings is 1. The van der Waals surface area contributed by atoms with E-state index in [4.69, 9.17) is 5.73 Å². The Morgan fingerprint density at radius 3 is 2.00 bits per heavy atom. The summed E-state index contributed by atoms with van der Waals surface area (Å²) in [5.74, 6) is 0. The van der Waals surface area contributed by atoms with Crippen LogP contribution in [0.25, 0.3) is 0 Å². The molecule has 0 radical (unpaired) electrons. The summed E-state index contributed by atoms with van der Waals surface area (Å²) in [5, 5.41) is 8.67. The zero-order valence-electron chi connectivity index (χ0n) is 12.2. The van der Waals surface area contributed by atoms with E-state index in [0.717, 1.165) is 0 Å². The highest BCUT2D eigenvalue weighted by molar-refractivity contribution is 5.20. The molecule has 0 aliphatic carbocycles. The van der Waals surface area contributed by atoms with Crippen LogP contribution in [-0.2, 0) is 6.54 Å². The average molecular weight is 250 g/mol. The quantitative estimate of drug-likeness (QED) is 0.659. The van der Waals surface area contributed by atoms with Crippen LogP contribution in [-0.4, -0.2) is 19.1 Å². The topological polar surface area (TPSA) is 54.0 Å². The van der Waals surface area contributed by atoms with E-state index in [9.17, 15) is 0 Å². The fourth-order valence-corrected chi connectivity index (χ4v) is 0.864. The molecular formula is C14H26N4. The highest BCUT2D eigenvalue weighted by atomic mass is 15.5. The van der Waals surface area contributed by atoms with E-state index < -0.39 is 0 Å². The van der Waals surface area contributed by atoms with E-state index in [-0.39, 0.29) is 0 Å². The highest BCUT2D eigenvalue weighted by Crippen LogP contribution is 2.00. The summed E-state index contributed by atoms with van der Waals surface area (Å²) in [5.41, 5.74) is 7.88. The van der Waals surface area contributed by atoms with Crippen LogP contribution in [0.1, 0.15) is 25.0 Å². The van der Waals surface area contributed by atoms with Gasteiger partial charge in [-0.05, 0) is 12.5 Å². The Morgan fingerprint density at radius 2 is 1.72 bits per heavy atom. The number of nitrogens with zero attached hydrogens (tertiary/aromatic N) is 3. The van der Waals surface area contributed by atoms with Gasteiger partial charge in [0.1, 0.15) is 0 Å². The van der Waals surface area contributed by atoms with Crippen LogP contribution in [0.4, 0.5) is 0 Å². The molecular weight excluding hydrogens is 224 g/mol. The lowest BCUT2D eigenvalue weighted by molar-refractivity contribution is 0.407. The molecule has 2 N–H and O–H groups in total. The van der Waals surface area contributed by atoms with E-state index in [2.05, 4.69) is 48.1 Å². The summed E-state index contributed by atoms with van der Waals surface area (Å²) in [6.07, 6.45) is 1.39. The molecule has 0 unspecified atom stereocenters.